The van der Waals surface area contributed by atoms with E-state index in [4.69, 9.17) is 0 Å². The summed E-state index contributed by atoms with van der Waals surface area (Å²) in [4.78, 5) is 22.5. The van der Waals surface area contributed by atoms with Crippen molar-refractivity contribution in [2.45, 2.75) is 13.8 Å². The van der Waals surface area contributed by atoms with E-state index in [1.165, 1.54) is 11.3 Å². The lowest BCUT2D eigenvalue weighted by Crippen LogP contribution is -2.13. The number of rotatable bonds is 4. The number of benzene rings is 1. The van der Waals surface area contributed by atoms with Crippen LogP contribution < -0.4 is 5.32 Å². The molecule has 0 fully saturated rings. The van der Waals surface area contributed by atoms with E-state index < -0.39 is 0 Å². The Labute approximate surface area is 160 Å². The number of carbonyl (C=O) groups is 1. The zero-order chi connectivity index (χ0) is 19.0. The predicted molar refractivity (Wildman–Crippen MR) is 105 cm³/mol. The van der Waals surface area contributed by atoms with Gasteiger partial charge in [0, 0.05) is 19.4 Å². The highest BCUT2D eigenvalue weighted by Crippen LogP contribution is 2.31. The zero-order valence-electron chi connectivity index (χ0n) is 15.2. The summed E-state index contributed by atoms with van der Waals surface area (Å²) in [5.41, 5.74) is 3.04. The van der Waals surface area contributed by atoms with Crippen molar-refractivity contribution in [1.82, 2.24) is 24.3 Å². The highest BCUT2D eigenvalue weighted by Gasteiger charge is 2.19. The fourth-order valence-electron chi connectivity index (χ4n) is 2.87. The third-order valence-electron chi connectivity index (χ3n) is 4.30. The lowest BCUT2D eigenvalue weighted by Gasteiger charge is -2.05. The quantitative estimate of drug-likeness (QED) is 0.589. The van der Waals surface area contributed by atoms with Crippen molar-refractivity contribution in [3.05, 3.63) is 65.9 Å². The number of imidazole rings is 1. The number of nitrogens with one attached hydrogen (secondary N) is 1. The summed E-state index contributed by atoms with van der Waals surface area (Å²) >= 11 is 1.41. The number of nitrogens with zero attached hydrogens (tertiary/aromatic N) is 5. The Kier molecular flexibility index (Phi) is 4.33. The molecule has 0 bridgehead atoms. The molecule has 0 saturated carbocycles. The summed E-state index contributed by atoms with van der Waals surface area (Å²) in [6.07, 6.45) is 5.21. The minimum atomic E-state index is -0.227. The molecule has 1 aromatic carbocycles. The molecule has 7 nitrogen and oxygen atoms in total. The van der Waals surface area contributed by atoms with Crippen LogP contribution in [0.1, 0.15) is 21.7 Å². The van der Waals surface area contributed by atoms with E-state index in [1.807, 2.05) is 62.0 Å². The van der Waals surface area contributed by atoms with E-state index in [2.05, 4.69) is 20.4 Å². The number of thiazole rings is 1. The van der Waals surface area contributed by atoms with Gasteiger partial charge in [-0.05, 0) is 26.0 Å². The van der Waals surface area contributed by atoms with Gasteiger partial charge in [-0.15, -0.1) is 0 Å². The van der Waals surface area contributed by atoms with E-state index in [9.17, 15) is 4.79 Å². The maximum Gasteiger partial charge on any atom is 0.260 e. The number of aromatic nitrogens is 5. The van der Waals surface area contributed by atoms with Crippen LogP contribution in [0.25, 0.3) is 16.4 Å². The molecule has 136 valence electrons. The standard InChI is InChI=1S/C19H18N6OS/c1-12-16(17-20-9-10-24(17)3)27-19(22-12)23-18(26)15-11-21-25(13(15)2)14-7-5-4-6-8-14/h4-11H,1-3H3,(H,22,23,26). The predicted octanol–water partition coefficient (Wildman–Crippen LogP) is 3.60. The molecule has 0 radical (unpaired) electrons. The summed E-state index contributed by atoms with van der Waals surface area (Å²) < 4.78 is 3.68. The molecule has 4 rings (SSSR count). The second-order valence-corrected chi connectivity index (χ2v) is 7.14. The van der Waals surface area contributed by atoms with Crippen molar-refractivity contribution in [3.63, 3.8) is 0 Å². The molecule has 1 amide bonds. The van der Waals surface area contributed by atoms with Crippen LogP contribution >= 0.6 is 11.3 Å². The van der Waals surface area contributed by atoms with Gasteiger partial charge in [-0.3, -0.25) is 10.1 Å². The van der Waals surface area contributed by atoms with E-state index in [1.54, 1.807) is 17.1 Å². The largest absolute Gasteiger partial charge is 0.333 e. The highest BCUT2D eigenvalue weighted by atomic mass is 32.1. The maximum absolute atomic E-state index is 12.7. The van der Waals surface area contributed by atoms with Gasteiger partial charge in [0.05, 0.1) is 33.7 Å². The molecule has 3 aromatic heterocycles. The van der Waals surface area contributed by atoms with Gasteiger partial charge >= 0.3 is 0 Å². The number of aryl methyl sites for hydroxylation is 2. The van der Waals surface area contributed by atoms with E-state index in [-0.39, 0.29) is 5.91 Å². The summed E-state index contributed by atoms with van der Waals surface area (Å²) in [7, 11) is 1.93. The average molecular weight is 378 g/mol. The smallest absolute Gasteiger partial charge is 0.260 e. The summed E-state index contributed by atoms with van der Waals surface area (Å²) in [5.74, 6) is 0.605. The molecule has 3 heterocycles. The van der Waals surface area contributed by atoms with Crippen LogP contribution in [0.3, 0.4) is 0 Å². The Morgan fingerprint density at radius 3 is 2.67 bits per heavy atom. The summed E-state index contributed by atoms with van der Waals surface area (Å²) in [5, 5.41) is 7.78. The van der Waals surface area contributed by atoms with Crippen LogP contribution in [0.4, 0.5) is 5.13 Å². The number of anilines is 1. The topological polar surface area (TPSA) is 77.6 Å². The number of carbonyl (C=O) groups excluding carboxylic acids is 1. The molecule has 27 heavy (non-hydrogen) atoms. The number of para-hydroxylation sites is 1. The second-order valence-electron chi connectivity index (χ2n) is 6.14. The Morgan fingerprint density at radius 1 is 1.19 bits per heavy atom. The van der Waals surface area contributed by atoms with Crippen LogP contribution in [0.15, 0.2) is 48.9 Å². The van der Waals surface area contributed by atoms with Crippen molar-refractivity contribution in [2.24, 2.45) is 7.05 Å². The van der Waals surface area contributed by atoms with Gasteiger partial charge in [-0.25, -0.2) is 14.6 Å². The average Bonchev–Trinajstić information content (AvgIpc) is 3.34. The fraction of sp³-hybridized carbons (Fsp3) is 0.158. The minimum Gasteiger partial charge on any atom is -0.333 e. The van der Waals surface area contributed by atoms with Crippen LogP contribution in [0.5, 0.6) is 0 Å². The zero-order valence-corrected chi connectivity index (χ0v) is 16.0. The molecule has 0 atom stereocenters. The molecular formula is C19H18N6OS. The van der Waals surface area contributed by atoms with Gasteiger partial charge in [0.25, 0.3) is 5.91 Å². The molecule has 1 N–H and O–H groups in total. The number of amides is 1. The third kappa shape index (κ3) is 3.15. The SMILES string of the molecule is Cc1nc(NC(=O)c2cnn(-c3ccccc3)c2C)sc1-c1nccn1C. The normalized spacial score (nSPS) is 10.9. The lowest BCUT2D eigenvalue weighted by atomic mass is 10.2. The second kappa shape index (κ2) is 6.81. The molecule has 0 aliphatic carbocycles. The lowest BCUT2D eigenvalue weighted by molar-refractivity contribution is 0.102. The number of hydrogen-bond donors (Lipinski definition) is 1. The number of hydrogen-bond acceptors (Lipinski definition) is 5. The van der Waals surface area contributed by atoms with E-state index >= 15 is 0 Å². The molecule has 8 heteroatoms. The van der Waals surface area contributed by atoms with Gasteiger partial charge in [-0.2, -0.15) is 5.10 Å². The molecule has 0 saturated heterocycles. The first-order valence-corrected chi connectivity index (χ1v) is 9.23. The van der Waals surface area contributed by atoms with Gasteiger partial charge in [0.2, 0.25) is 0 Å². The molecule has 0 unspecified atom stereocenters. The Morgan fingerprint density at radius 2 is 1.96 bits per heavy atom. The molecule has 4 aromatic rings. The first-order valence-electron chi connectivity index (χ1n) is 8.41. The van der Waals surface area contributed by atoms with Crippen LogP contribution in [-0.2, 0) is 7.05 Å². The van der Waals surface area contributed by atoms with Gasteiger partial charge in [-0.1, -0.05) is 29.5 Å². The Hall–Kier alpha value is -3.26. The molecule has 0 aliphatic rings. The maximum atomic E-state index is 12.7. The van der Waals surface area contributed by atoms with E-state index in [0.717, 1.165) is 27.8 Å². The van der Waals surface area contributed by atoms with E-state index in [0.29, 0.717) is 10.7 Å². The monoisotopic (exact) mass is 378 g/mol. The Bertz CT molecular complexity index is 1110. The van der Waals surface area contributed by atoms with Crippen molar-refractivity contribution in [1.29, 1.82) is 0 Å². The molecule has 0 spiro atoms. The van der Waals surface area contributed by atoms with Crippen molar-refractivity contribution in [3.8, 4) is 16.4 Å². The van der Waals surface area contributed by atoms with Gasteiger partial charge < -0.3 is 4.57 Å². The Balaban J connectivity index is 1.59. The first-order chi connectivity index (χ1) is 13.0. The summed E-state index contributed by atoms with van der Waals surface area (Å²) in [6, 6.07) is 9.72. The van der Waals surface area contributed by atoms with Gasteiger partial charge in [0.15, 0.2) is 11.0 Å². The van der Waals surface area contributed by atoms with Crippen molar-refractivity contribution >= 4 is 22.4 Å². The van der Waals surface area contributed by atoms with Crippen molar-refractivity contribution < 1.29 is 4.79 Å². The van der Waals surface area contributed by atoms with Crippen LogP contribution in [-0.4, -0.2) is 30.2 Å². The first kappa shape index (κ1) is 17.2. The summed E-state index contributed by atoms with van der Waals surface area (Å²) in [6.45, 7) is 3.79. The van der Waals surface area contributed by atoms with Gasteiger partial charge in [0.1, 0.15) is 0 Å². The molecular weight excluding hydrogens is 360 g/mol. The van der Waals surface area contributed by atoms with Crippen LogP contribution in [0, 0.1) is 13.8 Å². The fourth-order valence-corrected chi connectivity index (χ4v) is 3.87. The highest BCUT2D eigenvalue weighted by molar-refractivity contribution is 7.19. The van der Waals surface area contributed by atoms with Crippen molar-refractivity contribution in [2.75, 3.05) is 5.32 Å². The minimum absolute atomic E-state index is 0.227. The third-order valence-corrected chi connectivity index (χ3v) is 5.37. The molecule has 0 aliphatic heterocycles. The van der Waals surface area contributed by atoms with Crippen LogP contribution in [0.2, 0.25) is 0 Å².